The van der Waals surface area contributed by atoms with Crippen LogP contribution < -0.4 is 25.1 Å². The van der Waals surface area contributed by atoms with E-state index in [4.69, 9.17) is 9.31 Å². The van der Waals surface area contributed by atoms with Gasteiger partial charge in [-0.15, -0.1) is 5.10 Å². The number of halogens is 12. The largest absolute Gasteiger partial charge is 0.494 e. The fourth-order valence-electron chi connectivity index (χ4n) is 9.25. The van der Waals surface area contributed by atoms with Crippen molar-refractivity contribution >= 4 is 35.3 Å². The SMILES string of the molecule is C.C.C.C.CC1(C)OB(c2ccc(N3CCN(c4cnc(C(O)CC(F)(F)F)c(F)c4)CC3)cc2)OC1(C)C.OC(CC(F)(F)F)c1ncc(N2CCN(c3ccc(C(F)(F)[C@](O)(Cn4cnnn4)c4ccc(F)cc4F)nc3)CC2)cc1F. The van der Waals surface area contributed by atoms with E-state index in [0.29, 0.717) is 75.9 Å². The van der Waals surface area contributed by atoms with Crippen molar-refractivity contribution in [2.45, 2.75) is 124 Å². The van der Waals surface area contributed by atoms with Crippen LogP contribution in [0.1, 0.15) is 105 Å². The predicted molar refractivity (Wildman–Crippen MR) is 294 cm³/mol. The quantitative estimate of drug-likeness (QED) is 0.0694. The van der Waals surface area contributed by atoms with Crippen LogP contribution >= 0.6 is 0 Å². The molecule has 16 nitrogen and oxygen atoms in total. The van der Waals surface area contributed by atoms with Gasteiger partial charge in [0.05, 0.1) is 66.2 Å². The lowest BCUT2D eigenvalue weighted by Gasteiger charge is -2.38. The second-order valence-corrected chi connectivity index (χ2v) is 20.4. The van der Waals surface area contributed by atoms with Crippen molar-refractivity contribution in [1.82, 2.24) is 35.2 Å². The first kappa shape index (κ1) is 69.7. The molecule has 3 atom stereocenters. The molecule has 29 heteroatoms. The van der Waals surface area contributed by atoms with Crippen LogP contribution in [0.25, 0.3) is 0 Å². The summed E-state index contributed by atoms with van der Waals surface area (Å²) in [4.78, 5) is 18.9. The molecule has 9 rings (SSSR count). The summed E-state index contributed by atoms with van der Waals surface area (Å²) in [6.07, 6.45) is -12.1. The third-order valence-electron chi connectivity index (χ3n) is 14.4. The third kappa shape index (κ3) is 15.7. The van der Waals surface area contributed by atoms with Gasteiger partial charge in [-0.05, 0) is 80.0 Å². The standard InChI is InChI=1S/C27H24F8N8O2.C24H30BF4N3O3.4CH4/c28-16-1-3-19(20(29)9-16)25(45,14-43-15-38-39-40-43)27(34,35)23-4-2-17(12-36-23)41-5-7-42(8-6-41)18-10-21(30)24(37-13-18)22(44)11-26(31,32)33;1-22(2)23(3,4)35-25(34-22)16-5-7-17(8-6-16)31-9-11-32(12-10-31)18-13-19(26)21(30-15-18)20(33)14-24(27,28)29;;;;/h1-4,9-10,12-13,15,22,44-45H,5-8,11,14H2;5-8,13,15,20,33H,9-12,14H2,1-4H3;4*1H4/t22?,25-;;;;;/m0...../s1. The van der Waals surface area contributed by atoms with Gasteiger partial charge >= 0.3 is 25.4 Å². The van der Waals surface area contributed by atoms with Crippen molar-refractivity contribution in [2.75, 3.05) is 72.0 Å². The molecule has 3 fully saturated rings. The Kier molecular flexibility index (Phi) is 22.4. The van der Waals surface area contributed by atoms with Gasteiger partial charge in [0.25, 0.3) is 0 Å². The molecule has 84 heavy (non-hydrogen) atoms. The van der Waals surface area contributed by atoms with Gasteiger partial charge in [-0.25, -0.2) is 22.2 Å². The molecule has 3 aliphatic heterocycles. The fraction of sp³-hybridized carbons (Fsp3) is 0.491. The molecule has 0 aliphatic carbocycles. The Morgan fingerprint density at radius 2 is 0.988 bits per heavy atom. The average molecular weight is 1200 g/mol. The average Bonchev–Trinajstić information content (AvgIpc) is 2.14. The highest BCUT2D eigenvalue weighted by Crippen LogP contribution is 2.47. The Morgan fingerprint density at radius 3 is 1.38 bits per heavy atom. The molecule has 462 valence electrons. The Bertz CT molecular complexity index is 3050. The monoisotopic (exact) mass is 1200 g/mol. The minimum Gasteiger partial charge on any atom is -0.399 e. The summed E-state index contributed by atoms with van der Waals surface area (Å²) in [5, 5.41) is 40.8. The van der Waals surface area contributed by atoms with Crippen molar-refractivity contribution in [3.05, 3.63) is 138 Å². The second kappa shape index (κ2) is 27.0. The van der Waals surface area contributed by atoms with Crippen molar-refractivity contribution in [1.29, 1.82) is 0 Å². The fourth-order valence-corrected chi connectivity index (χ4v) is 9.25. The number of aromatic nitrogens is 7. The van der Waals surface area contributed by atoms with Crippen LogP contribution in [0.5, 0.6) is 0 Å². The van der Waals surface area contributed by atoms with Gasteiger partial charge < -0.3 is 44.2 Å². The minimum absolute atomic E-state index is 0. The lowest BCUT2D eigenvalue weighted by molar-refractivity contribution is -0.207. The molecule has 2 aromatic carbocycles. The molecule has 3 saturated heterocycles. The molecule has 7 heterocycles. The minimum atomic E-state index is -4.71. The number of benzene rings is 2. The van der Waals surface area contributed by atoms with E-state index in [0.717, 1.165) is 58.8 Å². The van der Waals surface area contributed by atoms with Crippen LogP contribution in [-0.2, 0) is 27.4 Å². The maximum atomic E-state index is 16.0. The topological polar surface area (TPSA) is 174 Å². The summed E-state index contributed by atoms with van der Waals surface area (Å²) in [5.41, 5.74) is -4.08. The van der Waals surface area contributed by atoms with E-state index in [1.807, 2.05) is 56.9 Å². The number of anilines is 4. The summed E-state index contributed by atoms with van der Waals surface area (Å²) in [6, 6.07) is 14.2. The summed E-state index contributed by atoms with van der Waals surface area (Å²) in [5.74, 6) is -8.72. The van der Waals surface area contributed by atoms with Crippen LogP contribution in [0, 0.1) is 23.3 Å². The number of hydrogen-bond acceptors (Lipinski definition) is 15. The van der Waals surface area contributed by atoms with Crippen LogP contribution in [0.4, 0.5) is 75.4 Å². The Labute approximate surface area is 480 Å². The lowest BCUT2D eigenvalue weighted by atomic mass is 9.79. The van der Waals surface area contributed by atoms with Crippen LogP contribution in [0.2, 0.25) is 0 Å². The summed E-state index contributed by atoms with van der Waals surface area (Å²) in [6.45, 7) is 10.8. The van der Waals surface area contributed by atoms with Crippen molar-refractivity contribution in [3.63, 3.8) is 0 Å². The zero-order valence-electron chi connectivity index (χ0n) is 43.3. The first-order valence-electron chi connectivity index (χ1n) is 24.9. The molecular weight excluding hydrogens is 1130 g/mol. The molecule has 4 aromatic heterocycles. The van der Waals surface area contributed by atoms with Crippen molar-refractivity contribution < 1.29 is 77.3 Å². The smallest absolute Gasteiger partial charge is 0.399 e. The normalized spacial score (nSPS) is 17.5. The molecule has 2 unspecified atom stereocenters. The first-order valence-corrected chi connectivity index (χ1v) is 24.9. The number of tetrazole rings is 1. The molecule has 0 radical (unpaired) electrons. The zero-order valence-corrected chi connectivity index (χ0v) is 43.3. The van der Waals surface area contributed by atoms with Crippen molar-refractivity contribution in [3.8, 4) is 0 Å². The van der Waals surface area contributed by atoms with Gasteiger partial charge in [-0.2, -0.15) is 35.1 Å². The van der Waals surface area contributed by atoms with E-state index in [-0.39, 0.29) is 35.4 Å². The first-order chi connectivity index (χ1) is 37.4. The summed E-state index contributed by atoms with van der Waals surface area (Å²) in [7, 11) is -0.425. The number of alkyl halides is 8. The Hall–Kier alpha value is -6.82. The molecule has 0 amide bonds. The molecule has 0 saturated carbocycles. The third-order valence-corrected chi connectivity index (χ3v) is 14.4. The number of rotatable bonds is 14. The van der Waals surface area contributed by atoms with Gasteiger partial charge in [0.1, 0.15) is 58.9 Å². The highest BCUT2D eigenvalue weighted by atomic mass is 19.4. The van der Waals surface area contributed by atoms with Crippen LogP contribution in [0.3, 0.4) is 0 Å². The molecule has 6 aromatic rings. The molecular formula is C55H70BF12N11O5. The summed E-state index contributed by atoms with van der Waals surface area (Å²) < 4.78 is 177. The highest BCUT2D eigenvalue weighted by molar-refractivity contribution is 6.62. The van der Waals surface area contributed by atoms with E-state index in [2.05, 4.69) is 35.4 Å². The Balaban J connectivity index is 0.000000354. The van der Waals surface area contributed by atoms with E-state index in [9.17, 15) is 59.2 Å². The van der Waals surface area contributed by atoms with Crippen LogP contribution in [0.15, 0.2) is 91.6 Å². The van der Waals surface area contributed by atoms with Crippen molar-refractivity contribution in [2.24, 2.45) is 0 Å². The number of nitrogens with zero attached hydrogens (tertiary/aromatic N) is 11. The molecule has 0 bridgehead atoms. The van der Waals surface area contributed by atoms with Gasteiger partial charge in [0.15, 0.2) is 5.60 Å². The maximum Gasteiger partial charge on any atom is 0.494 e. The number of hydrogen-bond donors (Lipinski definition) is 3. The second-order valence-electron chi connectivity index (χ2n) is 20.4. The summed E-state index contributed by atoms with van der Waals surface area (Å²) >= 11 is 0. The van der Waals surface area contributed by atoms with Gasteiger partial charge in [0.2, 0.25) is 0 Å². The number of pyridine rings is 3. The molecule has 3 N–H and O–H groups in total. The maximum absolute atomic E-state index is 16.0. The molecule has 0 spiro atoms. The van der Waals surface area contributed by atoms with E-state index in [1.165, 1.54) is 12.3 Å². The zero-order chi connectivity index (χ0) is 58.2. The van der Waals surface area contributed by atoms with Gasteiger partial charge in [-0.3, -0.25) is 15.0 Å². The van der Waals surface area contributed by atoms with E-state index >= 15 is 8.78 Å². The van der Waals surface area contributed by atoms with E-state index < -0.39 is 120 Å². The number of aliphatic hydroxyl groups is 3. The number of piperazine rings is 2. The van der Waals surface area contributed by atoms with Gasteiger partial charge in [0, 0.05) is 81.8 Å². The van der Waals surface area contributed by atoms with Crippen LogP contribution in [-0.4, -0.2) is 134 Å². The Morgan fingerprint density at radius 1 is 0.560 bits per heavy atom. The predicted octanol–water partition coefficient (Wildman–Crippen LogP) is 10.2. The highest BCUT2D eigenvalue weighted by Gasteiger charge is 2.58. The van der Waals surface area contributed by atoms with Gasteiger partial charge in [-0.1, -0.05) is 41.8 Å². The molecule has 3 aliphatic rings. The van der Waals surface area contributed by atoms with E-state index in [1.54, 1.807) is 9.80 Å². The lowest BCUT2D eigenvalue weighted by Crippen LogP contribution is -2.48. The number of aliphatic hydroxyl groups excluding tert-OH is 2.